The van der Waals surface area contributed by atoms with Crippen LogP contribution in [0, 0.1) is 11.3 Å². The van der Waals surface area contributed by atoms with Gasteiger partial charge in [-0.05, 0) is 17.7 Å². The number of nitrogens with one attached hydrogen (secondary N) is 1. The predicted octanol–water partition coefficient (Wildman–Crippen LogP) is 3.65. The van der Waals surface area contributed by atoms with Gasteiger partial charge in [0.1, 0.15) is 4.88 Å². The second-order valence-corrected chi connectivity index (χ2v) is 4.72. The van der Waals surface area contributed by atoms with Crippen LogP contribution in [-0.2, 0) is 12.7 Å². The summed E-state index contributed by atoms with van der Waals surface area (Å²) in [4.78, 5) is 2.94. The molecule has 0 saturated carbocycles. The standard InChI is InChI=1S/C12H8F3N3S/c13-12(14,15)10-7-18-11(19-10)17-6-9-3-1-8(5-16)2-4-9/h1-4,7H,6H2,(H,17,18). The van der Waals surface area contributed by atoms with Crippen LogP contribution in [0.4, 0.5) is 18.3 Å². The molecule has 3 nitrogen and oxygen atoms in total. The van der Waals surface area contributed by atoms with Crippen LogP contribution in [0.15, 0.2) is 30.5 Å². The third kappa shape index (κ3) is 3.45. The number of nitriles is 1. The summed E-state index contributed by atoms with van der Waals surface area (Å²) in [5.74, 6) is 0. The highest BCUT2D eigenvalue weighted by Crippen LogP contribution is 2.35. The molecule has 98 valence electrons. The van der Waals surface area contributed by atoms with Crippen molar-refractivity contribution in [2.75, 3.05) is 5.32 Å². The minimum absolute atomic E-state index is 0.219. The van der Waals surface area contributed by atoms with E-state index in [2.05, 4.69) is 10.3 Å². The number of alkyl halides is 3. The first-order valence-electron chi connectivity index (χ1n) is 5.25. The smallest absolute Gasteiger partial charge is 0.357 e. The van der Waals surface area contributed by atoms with Crippen LogP contribution in [-0.4, -0.2) is 4.98 Å². The molecule has 0 radical (unpaired) electrons. The fourth-order valence-corrected chi connectivity index (χ4v) is 2.04. The monoisotopic (exact) mass is 283 g/mol. The molecule has 0 bridgehead atoms. The lowest BCUT2D eigenvalue weighted by Gasteiger charge is -2.03. The highest BCUT2D eigenvalue weighted by atomic mass is 32.1. The zero-order chi connectivity index (χ0) is 13.9. The Morgan fingerprint density at radius 2 is 1.95 bits per heavy atom. The minimum Gasteiger partial charge on any atom is -0.357 e. The lowest BCUT2D eigenvalue weighted by molar-refractivity contribution is -0.134. The molecule has 0 unspecified atom stereocenters. The van der Waals surface area contributed by atoms with E-state index >= 15 is 0 Å². The van der Waals surface area contributed by atoms with Crippen LogP contribution in [0.1, 0.15) is 16.0 Å². The Morgan fingerprint density at radius 1 is 1.26 bits per heavy atom. The molecule has 2 rings (SSSR count). The second kappa shape index (κ2) is 5.28. The van der Waals surface area contributed by atoms with E-state index in [1.54, 1.807) is 24.3 Å². The first kappa shape index (κ1) is 13.4. The molecular weight excluding hydrogens is 275 g/mol. The number of aromatic nitrogens is 1. The zero-order valence-corrected chi connectivity index (χ0v) is 10.3. The van der Waals surface area contributed by atoms with Gasteiger partial charge in [-0.2, -0.15) is 18.4 Å². The van der Waals surface area contributed by atoms with Gasteiger partial charge >= 0.3 is 6.18 Å². The fraction of sp³-hybridized carbons (Fsp3) is 0.167. The molecule has 1 heterocycles. The molecule has 0 amide bonds. The van der Waals surface area contributed by atoms with Crippen molar-refractivity contribution in [2.24, 2.45) is 0 Å². The van der Waals surface area contributed by atoms with Crippen LogP contribution >= 0.6 is 11.3 Å². The predicted molar refractivity (Wildman–Crippen MR) is 65.6 cm³/mol. The van der Waals surface area contributed by atoms with Crippen LogP contribution in [0.2, 0.25) is 0 Å². The van der Waals surface area contributed by atoms with Crippen LogP contribution in [0.3, 0.4) is 0 Å². The number of nitrogens with zero attached hydrogens (tertiary/aromatic N) is 2. The maximum atomic E-state index is 12.4. The van der Waals surface area contributed by atoms with Gasteiger partial charge in [0.25, 0.3) is 0 Å². The molecule has 2 aromatic rings. The lowest BCUT2D eigenvalue weighted by atomic mass is 10.1. The number of benzene rings is 1. The molecule has 0 spiro atoms. The van der Waals surface area contributed by atoms with E-state index in [-0.39, 0.29) is 5.13 Å². The maximum Gasteiger partial charge on any atom is 0.427 e. The molecular formula is C12H8F3N3S. The van der Waals surface area contributed by atoms with Crippen molar-refractivity contribution >= 4 is 16.5 Å². The van der Waals surface area contributed by atoms with Gasteiger partial charge in [-0.3, -0.25) is 0 Å². The molecule has 1 N–H and O–H groups in total. The van der Waals surface area contributed by atoms with Crippen molar-refractivity contribution in [1.29, 1.82) is 5.26 Å². The van der Waals surface area contributed by atoms with E-state index in [0.29, 0.717) is 23.4 Å². The molecule has 0 atom stereocenters. The van der Waals surface area contributed by atoms with E-state index in [4.69, 9.17) is 5.26 Å². The van der Waals surface area contributed by atoms with Gasteiger partial charge in [-0.25, -0.2) is 4.98 Å². The van der Waals surface area contributed by atoms with Crippen LogP contribution < -0.4 is 5.32 Å². The summed E-state index contributed by atoms with van der Waals surface area (Å²) < 4.78 is 37.1. The van der Waals surface area contributed by atoms with Gasteiger partial charge in [-0.15, -0.1) is 0 Å². The Labute approximate surface area is 111 Å². The Bertz CT molecular complexity index is 596. The van der Waals surface area contributed by atoms with Crippen LogP contribution in [0.25, 0.3) is 0 Å². The Balaban J connectivity index is 1.99. The summed E-state index contributed by atoms with van der Waals surface area (Å²) >= 11 is 0.567. The Morgan fingerprint density at radius 3 is 2.47 bits per heavy atom. The molecule has 0 aliphatic heterocycles. The minimum atomic E-state index is -4.36. The van der Waals surface area contributed by atoms with Gasteiger partial charge in [0.15, 0.2) is 5.13 Å². The highest BCUT2D eigenvalue weighted by molar-refractivity contribution is 7.15. The van der Waals surface area contributed by atoms with E-state index in [1.165, 1.54) is 0 Å². The van der Waals surface area contributed by atoms with Gasteiger partial charge in [0.05, 0.1) is 17.8 Å². The third-order valence-corrected chi connectivity index (χ3v) is 3.31. The molecule has 19 heavy (non-hydrogen) atoms. The average Bonchev–Trinajstić information content (AvgIpc) is 2.86. The quantitative estimate of drug-likeness (QED) is 0.935. The third-order valence-electron chi connectivity index (χ3n) is 2.31. The summed E-state index contributed by atoms with van der Waals surface area (Å²) in [6.45, 7) is 0.358. The number of halogens is 3. The van der Waals surface area contributed by atoms with Crippen molar-refractivity contribution in [2.45, 2.75) is 12.7 Å². The number of rotatable bonds is 3. The van der Waals surface area contributed by atoms with E-state index < -0.39 is 11.1 Å². The molecule has 0 aliphatic rings. The SMILES string of the molecule is N#Cc1ccc(CNc2ncc(C(F)(F)F)s2)cc1. The van der Waals surface area contributed by atoms with Gasteiger partial charge in [0.2, 0.25) is 0 Å². The normalized spacial score (nSPS) is 11.1. The molecule has 0 aliphatic carbocycles. The van der Waals surface area contributed by atoms with E-state index in [0.717, 1.165) is 11.8 Å². The molecule has 0 saturated heterocycles. The van der Waals surface area contributed by atoms with Crippen molar-refractivity contribution in [3.63, 3.8) is 0 Å². The van der Waals surface area contributed by atoms with Crippen molar-refractivity contribution in [3.8, 4) is 6.07 Å². The molecule has 0 fully saturated rings. The Kier molecular flexibility index (Phi) is 3.71. The maximum absolute atomic E-state index is 12.4. The molecule has 1 aromatic carbocycles. The first-order valence-corrected chi connectivity index (χ1v) is 6.06. The van der Waals surface area contributed by atoms with E-state index in [1.807, 2.05) is 6.07 Å². The second-order valence-electron chi connectivity index (χ2n) is 3.69. The summed E-state index contributed by atoms with van der Waals surface area (Å²) in [6.07, 6.45) is -3.54. The summed E-state index contributed by atoms with van der Waals surface area (Å²) in [5.41, 5.74) is 1.40. The average molecular weight is 283 g/mol. The topological polar surface area (TPSA) is 48.7 Å². The zero-order valence-electron chi connectivity index (χ0n) is 9.53. The van der Waals surface area contributed by atoms with Crippen molar-refractivity contribution in [1.82, 2.24) is 4.98 Å². The first-order chi connectivity index (χ1) is 8.99. The van der Waals surface area contributed by atoms with E-state index in [9.17, 15) is 13.2 Å². The van der Waals surface area contributed by atoms with Crippen molar-refractivity contribution in [3.05, 3.63) is 46.5 Å². The van der Waals surface area contributed by atoms with Gasteiger partial charge in [0, 0.05) is 6.54 Å². The van der Waals surface area contributed by atoms with Gasteiger partial charge < -0.3 is 5.32 Å². The number of hydrogen-bond donors (Lipinski definition) is 1. The van der Waals surface area contributed by atoms with Crippen LogP contribution in [0.5, 0.6) is 0 Å². The van der Waals surface area contributed by atoms with Crippen molar-refractivity contribution < 1.29 is 13.2 Å². The summed E-state index contributed by atoms with van der Waals surface area (Å²) in [5, 5.41) is 11.7. The highest BCUT2D eigenvalue weighted by Gasteiger charge is 2.33. The number of thiazole rings is 1. The molecule has 7 heteroatoms. The molecule has 1 aromatic heterocycles. The number of hydrogen-bond acceptors (Lipinski definition) is 4. The number of anilines is 1. The largest absolute Gasteiger partial charge is 0.427 e. The summed E-state index contributed by atoms with van der Waals surface area (Å²) in [6, 6.07) is 8.78. The van der Waals surface area contributed by atoms with Gasteiger partial charge in [-0.1, -0.05) is 23.5 Å². The summed E-state index contributed by atoms with van der Waals surface area (Å²) in [7, 11) is 0. The lowest BCUT2D eigenvalue weighted by Crippen LogP contribution is -2.00. The Hall–Kier alpha value is -2.07. The fourth-order valence-electron chi connectivity index (χ4n) is 1.36.